The topological polar surface area (TPSA) is 12.0 Å². The number of hydrogen-bond acceptors (Lipinski definition) is 2. The van der Waals surface area contributed by atoms with Crippen LogP contribution >= 0.6 is 11.3 Å². The zero-order chi connectivity index (χ0) is 10.7. The maximum atomic E-state index is 5.33. The highest BCUT2D eigenvalue weighted by Gasteiger charge is 2.12. The Kier molecular flexibility index (Phi) is 3.74. The van der Waals surface area contributed by atoms with E-state index in [1.807, 2.05) is 18.3 Å². The van der Waals surface area contributed by atoms with Crippen LogP contribution in [0.3, 0.4) is 0 Å². The van der Waals surface area contributed by atoms with Crippen LogP contribution in [0.2, 0.25) is 0 Å². The van der Waals surface area contributed by atoms with Crippen molar-refractivity contribution in [2.24, 2.45) is 0 Å². The van der Waals surface area contributed by atoms with E-state index in [1.165, 1.54) is 15.3 Å². The van der Waals surface area contributed by atoms with Crippen LogP contribution in [0.4, 0.5) is 0 Å². The Hall–Kier alpha value is -0.780. The summed E-state index contributed by atoms with van der Waals surface area (Å²) in [5.74, 6) is 2.68. The standard InChI is InChI=1S/C12H17NS/c1-6-8(2)13-10(4)12-7-9(3)14-11(12)5/h1,7-8,10,13H,2-5H3. The molecule has 14 heavy (non-hydrogen) atoms. The molecule has 0 aliphatic heterocycles. The van der Waals surface area contributed by atoms with E-state index in [9.17, 15) is 0 Å². The van der Waals surface area contributed by atoms with Crippen LogP contribution in [-0.2, 0) is 0 Å². The van der Waals surface area contributed by atoms with Gasteiger partial charge in [0.25, 0.3) is 0 Å². The van der Waals surface area contributed by atoms with E-state index in [1.54, 1.807) is 0 Å². The lowest BCUT2D eigenvalue weighted by molar-refractivity contribution is 0.546. The van der Waals surface area contributed by atoms with E-state index in [0.717, 1.165) is 0 Å². The summed E-state index contributed by atoms with van der Waals surface area (Å²) < 4.78 is 0. The van der Waals surface area contributed by atoms with Crippen molar-refractivity contribution in [2.75, 3.05) is 0 Å². The van der Waals surface area contributed by atoms with Gasteiger partial charge in [-0.25, -0.2) is 0 Å². The van der Waals surface area contributed by atoms with Gasteiger partial charge in [0, 0.05) is 15.8 Å². The summed E-state index contributed by atoms with van der Waals surface area (Å²) in [4.78, 5) is 2.74. The molecule has 1 rings (SSSR count). The van der Waals surface area contributed by atoms with Gasteiger partial charge in [-0.15, -0.1) is 17.8 Å². The highest BCUT2D eigenvalue weighted by Crippen LogP contribution is 2.26. The number of terminal acetylenes is 1. The minimum Gasteiger partial charge on any atom is -0.297 e. The van der Waals surface area contributed by atoms with E-state index >= 15 is 0 Å². The molecule has 0 aliphatic carbocycles. The Morgan fingerprint density at radius 1 is 1.43 bits per heavy atom. The van der Waals surface area contributed by atoms with Crippen molar-refractivity contribution in [1.82, 2.24) is 5.32 Å². The van der Waals surface area contributed by atoms with Crippen molar-refractivity contribution in [3.8, 4) is 12.3 Å². The molecule has 76 valence electrons. The van der Waals surface area contributed by atoms with Crippen LogP contribution in [0.25, 0.3) is 0 Å². The minimum atomic E-state index is 0.129. The molecule has 2 unspecified atom stereocenters. The van der Waals surface area contributed by atoms with Crippen molar-refractivity contribution in [3.63, 3.8) is 0 Å². The molecular weight excluding hydrogens is 190 g/mol. The lowest BCUT2D eigenvalue weighted by atomic mass is 10.1. The van der Waals surface area contributed by atoms with Crippen LogP contribution in [0.5, 0.6) is 0 Å². The number of nitrogens with one attached hydrogen (secondary N) is 1. The van der Waals surface area contributed by atoms with E-state index in [2.05, 4.69) is 38.1 Å². The first kappa shape index (κ1) is 11.3. The minimum absolute atomic E-state index is 0.129. The second kappa shape index (κ2) is 4.63. The normalized spacial score (nSPS) is 14.8. The molecule has 1 N–H and O–H groups in total. The van der Waals surface area contributed by atoms with Gasteiger partial charge in [0.15, 0.2) is 0 Å². The van der Waals surface area contributed by atoms with Gasteiger partial charge in [0.1, 0.15) is 0 Å². The average molecular weight is 207 g/mol. The van der Waals surface area contributed by atoms with Crippen LogP contribution in [0, 0.1) is 26.2 Å². The molecule has 0 amide bonds. The monoisotopic (exact) mass is 207 g/mol. The molecule has 0 spiro atoms. The molecule has 1 nitrogen and oxygen atoms in total. The third-order valence-corrected chi connectivity index (χ3v) is 3.28. The first-order valence-electron chi connectivity index (χ1n) is 4.83. The highest BCUT2D eigenvalue weighted by atomic mass is 32.1. The molecule has 2 heteroatoms. The van der Waals surface area contributed by atoms with E-state index < -0.39 is 0 Å². The Bertz CT molecular complexity index is 346. The molecule has 0 aromatic carbocycles. The van der Waals surface area contributed by atoms with Gasteiger partial charge in [-0.1, -0.05) is 5.92 Å². The summed E-state index contributed by atoms with van der Waals surface area (Å²) in [6, 6.07) is 2.71. The Morgan fingerprint density at radius 2 is 2.07 bits per heavy atom. The summed E-state index contributed by atoms with van der Waals surface area (Å²) in [6.45, 7) is 8.46. The first-order valence-corrected chi connectivity index (χ1v) is 5.65. The molecule has 0 saturated carbocycles. The largest absolute Gasteiger partial charge is 0.297 e. The average Bonchev–Trinajstić information content (AvgIpc) is 2.45. The third-order valence-electron chi connectivity index (χ3n) is 2.30. The molecule has 0 saturated heterocycles. The molecule has 0 fully saturated rings. The number of thiophene rings is 1. The fraction of sp³-hybridized carbons (Fsp3) is 0.500. The van der Waals surface area contributed by atoms with Gasteiger partial charge in [-0.2, -0.15) is 0 Å². The molecule has 0 bridgehead atoms. The Balaban J connectivity index is 2.75. The summed E-state index contributed by atoms with van der Waals surface area (Å²) in [6.07, 6.45) is 5.33. The van der Waals surface area contributed by atoms with Gasteiger partial charge in [0.2, 0.25) is 0 Å². The zero-order valence-electron chi connectivity index (χ0n) is 9.22. The first-order chi connectivity index (χ1) is 6.54. The number of hydrogen-bond donors (Lipinski definition) is 1. The highest BCUT2D eigenvalue weighted by molar-refractivity contribution is 7.12. The Labute approximate surface area is 90.5 Å². The van der Waals surface area contributed by atoms with Crippen molar-refractivity contribution >= 4 is 11.3 Å². The summed E-state index contributed by atoms with van der Waals surface area (Å²) in [5, 5.41) is 3.37. The summed E-state index contributed by atoms with van der Waals surface area (Å²) in [5.41, 5.74) is 1.37. The molecule has 1 heterocycles. The second-order valence-electron chi connectivity index (χ2n) is 3.65. The molecule has 0 radical (unpaired) electrons. The maximum absolute atomic E-state index is 5.33. The molecule has 2 atom stereocenters. The van der Waals surface area contributed by atoms with Gasteiger partial charge >= 0.3 is 0 Å². The van der Waals surface area contributed by atoms with E-state index in [-0.39, 0.29) is 6.04 Å². The van der Waals surface area contributed by atoms with Crippen LogP contribution in [0.15, 0.2) is 6.07 Å². The lowest BCUT2D eigenvalue weighted by Gasteiger charge is -2.16. The van der Waals surface area contributed by atoms with Crippen molar-refractivity contribution in [2.45, 2.75) is 39.8 Å². The summed E-state index contributed by atoms with van der Waals surface area (Å²) >= 11 is 1.84. The third kappa shape index (κ3) is 2.60. The number of rotatable bonds is 3. The Morgan fingerprint density at radius 3 is 2.50 bits per heavy atom. The summed E-state index contributed by atoms with van der Waals surface area (Å²) in [7, 11) is 0. The van der Waals surface area contributed by atoms with Crippen molar-refractivity contribution in [1.29, 1.82) is 0 Å². The van der Waals surface area contributed by atoms with Crippen LogP contribution in [0.1, 0.15) is 35.2 Å². The maximum Gasteiger partial charge on any atom is 0.0662 e. The molecule has 1 aromatic rings. The predicted octanol–water partition coefficient (Wildman–Crippen LogP) is 3.04. The fourth-order valence-electron chi connectivity index (χ4n) is 1.59. The quantitative estimate of drug-likeness (QED) is 0.751. The lowest BCUT2D eigenvalue weighted by Crippen LogP contribution is -2.27. The zero-order valence-corrected chi connectivity index (χ0v) is 10.0. The van der Waals surface area contributed by atoms with Crippen molar-refractivity contribution in [3.05, 3.63) is 21.4 Å². The van der Waals surface area contributed by atoms with E-state index in [4.69, 9.17) is 6.42 Å². The molecule has 0 aliphatic rings. The molecule has 1 aromatic heterocycles. The van der Waals surface area contributed by atoms with Gasteiger partial charge < -0.3 is 0 Å². The smallest absolute Gasteiger partial charge is 0.0662 e. The SMILES string of the molecule is C#CC(C)NC(C)c1cc(C)sc1C. The van der Waals surface area contributed by atoms with Gasteiger partial charge in [-0.3, -0.25) is 5.32 Å². The van der Waals surface area contributed by atoms with Crippen LogP contribution in [-0.4, -0.2) is 6.04 Å². The fourth-order valence-corrected chi connectivity index (χ4v) is 2.62. The predicted molar refractivity (Wildman–Crippen MR) is 63.6 cm³/mol. The van der Waals surface area contributed by atoms with Gasteiger partial charge in [-0.05, 0) is 39.3 Å². The van der Waals surface area contributed by atoms with Crippen LogP contribution < -0.4 is 5.32 Å². The molecular formula is C12H17NS. The van der Waals surface area contributed by atoms with E-state index in [0.29, 0.717) is 6.04 Å². The van der Waals surface area contributed by atoms with Gasteiger partial charge in [0.05, 0.1) is 6.04 Å². The second-order valence-corrected chi connectivity index (χ2v) is 5.11. The number of aryl methyl sites for hydroxylation is 2. The van der Waals surface area contributed by atoms with Crippen molar-refractivity contribution < 1.29 is 0 Å².